The van der Waals surface area contributed by atoms with Crippen LogP contribution >= 0.6 is 0 Å². The summed E-state index contributed by atoms with van der Waals surface area (Å²) in [7, 11) is 0. The second kappa shape index (κ2) is 26.1. The fourth-order valence-corrected chi connectivity index (χ4v) is 6.66. The molecule has 2 heteroatoms. The number of nitrogens with zero attached hydrogens (tertiary/aromatic N) is 2. The number of benzene rings is 1. The van der Waals surface area contributed by atoms with Gasteiger partial charge in [-0.1, -0.05) is 202 Å². The zero-order chi connectivity index (χ0) is 29.1. The molecule has 41 heavy (non-hydrogen) atoms. The minimum atomic E-state index is 0.497. The van der Waals surface area contributed by atoms with Crippen molar-refractivity contribution in [3.63, 3.8) is 0 Å². The Morgan fingerprint density at radius 2 is 0.878 bits per heavy atom. The molecule has 0 bridgehead atoms. The Bertz CT molecular complexity index is 727. The Balaban J connectivity index is 1.70. The second-order valence-electron chi connectivity index (χ2n) is 13.0. The average Bonchev–Trinajstić information content (AvgIpc) is 3.53. The predicted molar refractivity (Wildman–Crippen MR) is 184 cm³/mol. The maximum Gasteiger partial charge on any atom is 0.244 e. The first kappa shape index (κ1) is 35.6. The van der Waals surface area contributed by atoms with Crippen molar-refractivity contribution in [2.24, 2.45) is 21.8 Å². The first-order chi connectivity index (χ1) is 20.3. The molecular weight excluding hydrogens is 496 g/mol. The summed E-state index contributed by atoms with van der Waals surface area (Å²) in [6, 6.07) is 11.2. The number of unbranched alkanes of at least 4 members (excludes halogenated alkanes) is 21. The van der Waals surface area contributed by atoms with Crippen LogP contribution in [-0.2, 0) is 6.42 Å². The lowest BCUT2D eigenvalue weighted by molar-refractivity contribution is 0.284. The lowest BCUT2D eigenvalue weighted by atomic mass is 9.78. The van der Waals surface area contributed by atoms with E-state index in [1.807, 2.05) is 12.4 Å². The van der Waals surface area contributed by atoms with Crippen LogP contribution in [0.25, 0.3) is 0 Å². The molecule has 1 aliphatic rings. The third kappa shape index (κ3) is 18.6. The molecule has 0 aliphatic carbocycles. The van der Waals surface area contributed by atoms with Crippen LogP contribution in [0.5, 0.6) is 0 Å². The molecule has 2 nitrogen and oxygen atoms in total. The number of aliphatic imine (C=N–C) groups is 2. The average molecular weight is 564 g/mol. The van der Waals surface area contributed by atoms with Crippen LogP contribution in [0, 0.1) is 18.0 Å². The minimum Gasteiger partial charge on any atom is -0.0965 e. The van der Waals surface area contributed by atoms with Crippen LogP contribution in [0.15, 0.2) is 40.3 Å². The number of rotatable bonds is 29. The summed E-state index contributed by atoms with van der Waals surface area (Å²) in [6.45, 7) is 4.61. The molecule has 0 radical (unpaired) electrons. The van der Waals surface area contributed by atoms with E-state index in [0.29, 0.717) is 11.8 Å². The van der Waals surface area contributed by atoms with Crippen LogP contribution in [0.1, 0.15) is 180 Å². The summed E-state index contributed by atoms with van der Waals surface area (Å²) >= 11 is 0. The number of hydrogen-bond donors (Lipinski definition) is 0. The molecule has 2 unspecified atom stereocenters. The molecule has 1 aromatic carbocycles. The van der Waals surface area contributed by atoms with Gasteiger partial charge < -0.3 is 0 Å². The molecule has 232 valence electrons. The third-order valence-corrected chi connectivity index (χ3v) is 9.27. The largest absolute Gasteiger partial charge is 0.244 e. The molecule has 1 aromatic rings. The molecule has 0 spiro atoms. The topological polar surface area (TPSA) is 24.7 Å². The zero-order valence-corrected chi connectivity index (χ0v) is 27.5. The molecule has 2 atom stereocenters. The molecule has 0 saturated heterocycles. The van der Waals surface area contributed by atoms with Gasteiger partial charge in [-0.25, -0.2) is 0 Å². The van der Waals surface area contributed by atoms with Crippen molar-refractivity contribution in [3.05, 3.63) is 42.1 Å². The third-order valence-electron chi connectivity index (χ3n) is 9.27. The smallest absolute Gasteiger partial charge is 0.0965 e. The van der Waals surface area contributed by atoms with E-state index in [-0.39, 0.29) is 0 Å². The van der Waals surface area contributed by atoms with Crippen molar-refractivity contribution in [3.8, 4) is 0 Å². The van der Waals surface area contributed by atoms with E-state index >= 15 is 0 Å². The van der Waals surface area contributed by atoms with Gasteiger partial charge in [0, 0.05) is 0 Å². The Hall–Kier alpha value is -1.57. The first-order valence-corrected chi connectivity index (χ1v) is 18.3. The van der Waals surface area contributed by atoms with Gasteiger partial charge >= 0.3 is 0 Å². The van der Waals surface area contributed by atoms with Crippen LogP contribution in [0.3, 0.4) is 0 Å². The Morgan fingerprint density at radius 1 is 0.488 bits per heavy atom. The zero-order valence-electron chi connectivity index (χ0n) is 27.5. The van der Waals surface area contributed by atoms with Gasteiger partial charge in [0.15, 0.2) is 12.4 Å². The SMILES string of the molecule is CCCCCCCCCCCCCCCCC(Cc1ccccc1)C(CCCCCCCCCCC)[C+]1N=CC=N1. The van der Waals surface area contributed by atoms with E-state index in [1.54, 1.807) is 0 Å². The van der Waals surface area contributed by atoms with Crippen LogP contribution in [0.2, 0.25) is 0 Å². The second-order valence-corrected chi connectivity index (χ2v) is 13.0. The van der Waals surface area contributed by atoms with Gasteiger partial charge in [-0.3, -0.25) is 0 Å². The lowest BCUT2D eigenvalue weighted by Crippen LogP contribution is -2.22. The van der Waals surface area contributed by atoms with Crippen LogP contribution in [-0.4, -0.2) is 12.4 Å². The van der Waals surface area contributed by atoms with E-state index in [4.69, 9.17) is 9.98 Å². The Kier molecular flexibility index (Phi) is 22.7. The van der Waals surface area contributed by atoms with Gasteiger partial charge in [0.2, 0.25) is 6.17 Å². The molecule has 0 amide bonds. The van der Waals surface area contributed by atoms with E-state index < -0.39 is 0 Å². The van der Waals surface area contributed by atoms with Gasteiger partial charge in [0.25, 0.3) is 0 Å². The van der Waals surface area contributed by atoms with Crippen molar-refractivity contribution in [2.45, 2.75) is 181 Å². The van der Waals surface area contributed by atoms with Crippen LogP contribution < -0.4 is 0 Å². The highest BCUT2D eigenvalue weighted by Crippen LogP contribution is 2.37. The summed E-state index contributed by atoms with van der Waals surface area (Å²) < 4.78 is 0. The van der Waals surface area contributed by atoms with Gasteiger partial charge in [-0.15, -0.1) is 0 Å². The van der Waals surface area contributed by atoms with Crippen LogP contribution in [0.4, 0.5) is 0 Å². The van der Waals surface area contributed by atoms with E-state index in [0.717, 1.165) is 12.6 Å². The lowest BCUT2D eigenvalue weighted by Gasteiger charge is -2.26. The maximum atomic E-state index is 4.74. The summed E-state index contributed by atoms with van der Waals surface area (Å²) in [5.41, 5.74) is 1.48. The highest BCUT2D eigenvalue weighted by Gasteiger charge is 2.35. The summed E-state index contributed by atoms with van der Waals surface area (Å²) in [4.78, 5) is 9.49. The maximum absolute atomic E-state index is 4.74. The normalized spacial score (nSPS) is 14.2. The van der Waals surface area contributed by atoms with E-state index in [9.17, 15) is 0 Å². The summed E-state index contributed by atoms with van der Waals surface area (Å²) in [6.07, 6.45) is 41.1. The molecular formula is C39H67N2+. The molecule has 0 N–H and O–H groups in total. The fraction of sp³-hybridized carbons (Fsp3) is 0.769. The monoisotopic (exact) mass is 564 g/mol. The minimum absolute atomic E-state index is 0.497. The van der Waals surface area contributed by atoms with Crippen molar-refractivity contribution in [1.29, 1.82) is 0 Å². The summed E-state index contributed by atoms with van der Waals surface area (Å²) in [5, 5.41) is 0. The fourth-order valence-electron chi connectivity index (χ4n) is 6.66. The first-order valence-electron chi connectivity index (χ1n) is 18.3. The van der Waals surface area contributed by atoms with Gasteiger partial charge in [0.1, 0.15) is 0 Å². The molecule has 0 aromatic heterocycles. The van der Waals surface area contributed by atoms with Gasteiger partial charge in [-0.2, -0.15) is 0 Å². The van der Waals surface area contributed by atoms with Crippen molar-refractivity contribution in [2.75, 3.05) is 0 Å². The summed E-state index contributed by atoms with van der Waals surface area (Å²) in [5.74, 6) is 1.14. The van der Waals surface area contributed by atoms with E-state index in [1.165, 1.54) is 166 Å². The number of hydrogen-bond acceptors (Lipinski definition) is 2. The Labute approximate surface area is 256 Å². The van der Waals surface area contributed by atoms with E-state index in [2.05, 4.69) is 44.2 Å². The highest BCUT2D eigenvalue weighted by molar-refractivity contribution is 6.18. The quantitative estimate of drug-likeness (QED) is 0.0684. The van der Waals surface area contributed by atoms with Crippen molar-refractivity contribution in [1.82, 2.24) is 0 Å². The molecule has 1 heterocycles. The van der Waals surface area contributed by atoms with Gasteiger partial charge in [-0.05, 0) is 30.7 Å². The molecule has 1 aliphatic heterocycles. The van der Waals surface area contributed by atoms with Crippen molar-refractivity contribution < 1.29 is 0 Å². The van der Waals surface area contributed by atoms with Crippen molar-refractivity contribution >= 4 is 12.4 Å². The molecule has 0 fully saturated rings. The van der Waals surface area contributed by atoms with Gasteiger partial charge in [0.05, 0.1) is 5.92 Å². The highest BCUT2D eigenvalue weighted by atomic mass is 15.0. The molecule has 2 rings (SSSR count). The predicted octanol–water partition coefficient (Wildman–Crippen LogP) is 12.9. The standard InChI is InChI=1S/C39H67N2/c1-3-5-7-9-11-13-14-15-16-17-19-20-22-27-31-37(35-36-29-25-24-26-30-36)38(39-40-33-34-41-39)32-28-23-21-18-12-10-8-6-4-2/h24-26,29-30,33-34,37-38H,3-23,27-28,31-32,35H2,1-2H3/q+1. The molecule has 0 saturated carbocycles. The Morgan fingerprint density at radius 3 is 1.32 bits per heavy atom.